The van der Waals surface area contributed by atoms with Crippen LogP contribution in [-0.2, 0) is 0 Å². The molecule has 9 nitrogen and oxygen atoms in total. The van der Waals surface area contributed by atoms with E-state index < -0.39 is 0 Å². The first kappa shape index (κ1) is 19.6. The number of nitrogens with one attached hydrogen (secondary N) is 2. The number of benzene rings is 2. The van der Waals surface area contributed by atoms with Gasteiger partial charge in [-0.3, -0.25) is 10.9 Å². The minimum Gasteiger partial charge on any atom is -0.497 e. The van der Waals surface area contributed by atoms with Gasteiger partial charge in [0, 0.05) is 6.07 Å². The minimum atomic E-state index is 0.0943. The van der Waals surface area contributed by atoms with Crippen molar-refractivity contribution in [3.05, 3.63) is 65.7 Å². The summed E-state index contributed by atoms with van der Waals surface area (Å²) in [6.07, 6.45) is 3.32. The molecule has 0 spiro atoms. The van der Waals surface area contributed by atoms with Crippen LogP contribution in [0.4, 0.5) is 17.6 Å². The van der Waals surface area contributed by atoms with Gasteiger partial charge < -0.3 is 15.2 Å². The zero-order chi connectivity index (χ0) is 20.5. The van der Waals surface area contributed by atoms with E-state index in [1.807, 2.05) is 48.5 Å². The summed E-state index contributed by atoms with van der Waals surface area (Å²) in [5.74, 6) is 2.53. The van der Waals surface area contributed by atoms with Gasteiger partial charge >= 0.3 is 0 Å². The van der Waals surface area contributed by atoms with Gasteiger partial charge in [-0.05, 0) is 59.7 Å². The van der Waals surface area contributed by atoms with Crippen LogP contribution in [-0.4, -0.2) is 36.6 Å². The van der Waals surface area contributed by atoms with Gasteiger partial charge in [-0.15, -0.1) is 0 Å². The van der Waals surface area contributed by atoms with E-state index in [0.29, 0.717) is 11.6 Å². The van der Waals surface area contributed by atoms with Crippen LogP contribution in [0.25, 0.3) is 0 Å². The van der Waals surface area contributed by atoms with Crippen LogP contribution in [0.2, 0.25) is 0 Å². The predicted octanol–water partition coefficient (Wildman–Crippen LogP) is 2.97. The van der Waals surface area contributed by atoms with Crippen LogP contribution >= 0.6 is 0 Å². The molecular formula is C20H21N7O2. The van der Waals surface area contributed by atoms with E-state index in [2.05, 4.69) is 31.0 Å². The highest BCUT2D eigenvalue weighted by molar-refractivity contribution is 5.81. The van der Waals surface area contributed by atoms with Crippen LogP contribution in [0.15, 0.2) is 64.8 Å². The summed E-state index contributed by atoms with van der Waals surface area (Å²) in [7, 11) is 3.24. The van der Waals surface area contributed by atoms with Crippen molar-refractivity contribution in [3.63, 3.8) is 0 Å². The molecule has 0 atom stereocenters. The van der Waals surface area contributed by atoms with Crippen molar-refractivity contribution in [1.29, 1.82) is 0 Å². The van der Waals surface area contributed by atoms with Crippen molar-refractivity contribution < 1.29 is 9.47 Å². The summed E-state index contributed by atoms with van der Waals surface area (Å²) in [6.45, 7) is 0. The molecule has 0 aliphatic carbocycles. The highest BCUT2D eigenvalue weighted by atomic mass is 16.5. The molecule has 4 N–H and O–H groups in total. The summed E-state index contributed by atoms with van der Waals surface area (Å²) < 4.78 is 10.3. The molecule has 0 aliphatic rings. The molecule has 148 valence electrons. The van der Waals surface area contributed by atoms with Crippen LogP contribution in [0.5, 0.6) is 11.5 Å². The number of hydrogen-bond donors (Lipinski definition) is 3. The van der Waals surface area contributed by atoms with Gasteiger partial charge in [0.15, 0.2) is 11.6 Å². The molecular weight excluding hydrogens is 370 g/mol. The second-order valence-electron chi connectivity index (χ2n) is 5.78. The zero-order valence-corrected chi connectivity index (χ0v) is 16.0. The third-order valence-corrected chi connectivity index (χ3v) is 3.76. The number of rotatable bonds is 8. The number of hydrazone groups is 2. The van der Waals surface area contributed by atoms with Crippen LogP contribution < -0.4 is 26.1 Å². The van der Waals surface area contributed by atoms with Crippen molar-refractivity contribution >= 4 is 30.0 Å². The van der Waals surface area contributed by atoms with E-state index in [9.17, 15) is 0 Å². The first-order valence-corrected chi connectivity index (χ1v) is 8.67. The molecule has 1 aromatic heterocycles. The average Bonchev–Trinajstić information content (AvgIpc) is 2.74. The first-order chi connectivity index (χ1) is 14.2. The van der Waals surface area contributed by atoms with Crippen molar-refractivity contribution in [3.8, 4) is 11.5 Å². The number of methoxy groups -OCH3 is 2. The Morgan fingerprint density at radius 2 is 1.17 bits per heavy atom. The summed E-state index contributed by atoms with van der Waals surface area (Å²) in [5.41, 5.74) is 13.2. The first-order valence-electron chi connectivity index (χ1n) is 8.67. The normalized spacial score (nSPS) is 11.0. The van der Waals surface area contributed by atoms with Gasteiger partial charge in [-0.2, -0.15) is 20.2 Å². The minimum absolute atomic E-state index is 0.0943. The van der Waals surface area contributed by atoms with Crippen molar-refractivity contribution in [2.75, 3.05) is 30.8 Å². The Kier molecular flexibility index (Phi) is 6.56. The van der Waals surface area contributed by atoms with E-state index in [1.165, 1.54) is 0 Å². The topological polar surface area (TPSA) is 119 Å². The molecule has 0 unspecified atom stereocenters. The third kappa shape index (κ3) is 5.93. The van der Waals surface area contributed by atoms with Gasteiger partial charge in [-0.25, -0.2) is 0 Å². The number of nitrogen functional groups attached to an aromatic ring is 1. The fourth-order valence-electron chi connectivity index (χ4n) is 2.31. The van der Waals surface area contributed by atoms with Crippen molar-refractivity contribution in [2.45, 2.75) is 0 Å². The molecule has 9 heteroatoms. The van der Waals surface area contributed by atoms with Crippen LogP contribution in [0.3, 0.4) is 0 Å². The van der Waals surface area contributed by atoms with Gasteiger partial charge in [0.2, 0.25) is 5.95 Å². The fourth-order valence-corrected chi connectivity index (χ4v) is 2.31. The number of anilines is 3. The second-order valence-corrected chi connectivity index (χ2v) is 5.78. The summed E-state index contributed by atoms with van der Waals surface area (Å²) in [4.78, 5) is 8.19. The number of ether oxygens (including phenoxy) is 2. The Labute approximate surface area is 168 Å². The molecule has 1 heterocycles. The maximum Gasteiger partial charge on any atom is 0.224 e. The molecule has 2 aromatic carbocycles. The highest BCUT2D eigenvalue weighted by Gasteiger charge is 2.01. The summed E-state index contributed by atoms with van der Waals surface area (Å²) in [5, 5.41) is 8.31. The molecule has 0 aliphatic heterocycles. The average molecular weight is 391 g/mol. The molecule has 0 bridgehead atoms. The van der Waals surface area contributed by atoms with Crippen molar-refractivity contribution in [2.24, 2.45) is 10.2 Å². The molecule has 0 fully saturated rings. The quantitative estimate of drug-likeness (QED) is 0.399. The van der Waals surface area contributed by atoms with Gasteiger partial charge in [-0.1, -0.05) is 0 Å². The lowest BCUT2D eigenvalue weighted by atomic mass is 10.2. The SMILES string of the molecule is COc1ccc(C=NNc2cc(NN=Cc3ccc(OC)cc3)nc(N)n2)cc1. The molecule has 0 saturated carbocycles. The van der Waals surface area contributed by atoms with E-state index in [4.69, 9.17) is 15.2 Å². The zero-order valence-electron chi connectivity index (χ0n) is 16.0. The lowest BCUT2D eigenvalue weighted by Crippen LogP contribution is -2.03. The number of nitrogens with two attached hydrogens (primary N) is 1. The molecule has 0 amide bonds. The van der Waals surface area contributed by atoms with Crippen molar-refractivity contribution in [1.82, 2.24) is 9.97 Å². The second kappa shape index (κ2) is 9.70. The summed E-state index contributed by atoms with van der Waals surface area (Å²) >= 11 is 0. The van der Waals surface area contributed by atoms with E-state index in [0.717, 1.165) is 22.6 Å². The fraction of sp³-hybridized carbons (Fsp3) is 0.100. The molecule has 3 aromatic rings. The molecule has 3 rings (SSSR count). The Hall–Kier alpha value is -4.14. The van der Waals surface area contributed by atoms with Crippen LogP contribution in [0.1, 0.15) is 11.1 Å². The lowest BCUT2D eigenvalue weighted by Gasteiger charge is -2.05. The van der Waals surface area contributed by atoms with Gasteiger partial charge in [0.25, 0.3) is 0 Å². The molecule has 0 saturated heterocycles. The smallest absolute Gasteiger partial charge is 0.224 e. The van der Waals surface area contributed by atoms with E-state index >= 15 is 0 Å². The van der Waals surface area contributed by atoms with Gasteiger partial charge in [0.1, 0.15) is 11.5 Å². The summed E-state index contributed by atoms with van der Waals surface area (Å²) in [6, 6.07) is 16.6. The maximum atomic E-state index is 5.76. The van der Waals surface area contributed by atoms with E-state index in [1.54, 1.807) is 32.7 Å². The molecule has 0 radical (unpaired) electrons. The van der Waals surface area contributed by atoms with Gasteiger partial charge in [0.05, 0.1) is 26.6 Å². The monoisotopic (exact) mass is 391 g/mol. The molecule has 29 heavy (non-hydrogen) atoms. The third-order valence-electron chi connectivity index (χ3n) is 3.76. The number of nitrogens with zero attached hydrogens (tertiary/aromatic N) is 4. The maximum absolute atomic E-state index is 5.76. The Morgan fingerprint density at radius 3 is 1.55 bits per heavy atom. The Bertz CT molecular complexity index is 909. The Morgan fingerprint density at radius 1 is 0.759 bits per heavy atom. The largest absolute Gasteiger partial charge is 0.497 e. The number of aromatic nitrogens is 2. The van der Waals surface area contributed by atoms with Crippen LogP contribution in [0, 0.1) is 0 Å². The predicted molar refractivity (Wildman–Crippen MR) is 115 cm³/mol. The lowest BCUT2D eigenvalue weighted by molar-refractivity contribution is 0.414. The Balaban J connectivity index is 1.60. The van der Waals surface area contributed by atoms with E-state index in [-0.39, 0.29) is 5.95 Å². The number of hydrogen-bond acceptors (Lipinski definition) is 9. The standard InChI is InChI=1S/C20H21N7O2/c1-28-16-7-3-14(4-8-16)12-22-26-18-11-19(25-20(21)24-18)27-23-13-15-5-9-17(29-2)10-6-15/h3-13H,1-2H3,(H4,21,24,25,26,27). The highest BCUT2D eigenvalue weighted by Crippen LogP contribution is 2.14.